The van der Waals surface area contributed by atoms with Gasteiger partial charge in [-0.1, -0.05) is 38.3 Å². The van der Waals surface area contributed by atoms with Crippen molar-refractivity contribution in [1.29, 1.82) is 0 Å². The number of thioether (sulfide) groups is 1. The van der Waals surface area contributed by atoms with Crippen molar-refractivity contribution in [3.8, 4) is 0 Å². The normalized spacial score (nSPS) is 12.3. The minimum atomic E-state index is -1.52. The Labute approximate surface area is 178 Å². The number of nitrogens with one attached hydrogen (secondary N) is 1. The number of halogens is 4. The monoisotopic (exact) mass is 449 g/mol. The van der Waals surface area contributed by atoms with Gasteiger partial charge in [0.05, 0.1) is 4.90 Å². The van der Waals surface area contributed by atoms with Gasteiger partial charge in [0.15, 0.2) is 23.3 Å². The van der Waals surface area contributed by atoms with Gasteiger partial charge in [0.25, 0.3) is 0 Å². The molecule has 0 aliphatic carbocycles. The molecule has 1 amide bonds. The second-order valence-corrected chi connectivity index (χ2v) is 7.86. The quantitative estimate of drug-likeness (QED) is 0.128. The zero-order valence-corrected chi connectivity index (χ0v) is 17.7. The second kappa shape index (κ2) is 14.1. The fraction of sp³-hybridized carbons (Fsp3) is 0.524. The summed E-state index contributed by atoms with van der Waals surface area (Å²) in [6, 6.07) is -0.616. The molecule has 0 spiro atoms. The lowest BCUT2D eigenvalue weighted by Gasteiger charge is -2.18. The van der Waals surface area contributed by atoms with E-state index in [2.05, 4.69) is 12.2 Å². The molecule has 0 unspecified atom stereocenters. The predicted octanol–water partition coefficient (Wildman–Crippen LogP) is 5.60. The van der Waals surface area contributed by atoms with Gasteiger partial charge in [-0.15, -0.1) is 11.8 Å². The first-order valence-corrected chi connectivity index (χ1v) is 10.9. The Morgan fingerprint density at radius 2 is 1.77 bits per heavy atom. The third-order valence-corrected chi connectivity index (χ3v) is 5.48. The van der Waals surface area contributed by atoms with Gasteiger partial charge >= 0.3 is 5.97 Å². The molecule has 1 aromatic carbocycles. The zero-order valence-electron chi connectivity index (χ0n) is 16.9. The van der Waals surface area contributed by atoms with Gasteiger partial charge in [0.2, 0.25) is 5.91 Å². The first kappa shape index (κ1) is 26.0. The molecule has 0 fully saturated rings. The maximum absolute atomic E-state index is 13.8. The molecule has 0 radical (unpaired) electrons. The molecular formula is C21H27F4NO3S. The van der Waals surface area contributed by atoms with Gasteiger partial charge < -0.3 is 10.4 Å². The van der Waals surface area contributed by atoms with Gasteiger partial charge in [-0.25, -0.2) is 17.6 Å². The lowest BCUT2D eigenvalue weighted by molar-refractivity contribution is -0.137. The number of carboxylic acids is 1. The molecule has 1 atom stereocenters. The molecule has 2 N–H and O–H groups in total. The highest BCUT2D eigenvalue weighted by atomic mass is 32.2. The summed E-state index contributed by atoms with van der Waals surface area (Å²) in [6.07, 6.45) is 8.73. The summed E-state index contributed by atoms with van der Waals surface area (Å²) in [5.74, 6) is -7.70. The maximum Gasteiger partial charge on any atom is 0.303 e. The van der Waals surface area contributed by atoms with Crippen LogP contribution in [0.5, 0.6) is 0 Å². The molecule has 1 aromatic rings. The lowest BCUT2D eigenvalue weighted by atomic mass is 10.1. The molecule has 0 aliphatic rings. The van der Waals surface area contributed by atoms with Gasteiger partial charge in [0.1, 0.15) is 0 Å². The number of unbranched alkanes of at least 4 members (excludes halogenated alkanes) is 4. The van der Waals surface area contributed by atoms with E-state index in [-0.39, 0.29) is 37.0 Å². The van der Waals surface area contributed by atoms with Crippen LogP contribution in [0.2, 0.25) is 0 Å². The highest BCUT2D eigenvalue weighted by molar-refractivity contribution is 7.99. The fourth-order valence-electron chi connectivity index (χ4n) is 2.64. The Balaban J connectivity index is 2.64. The van der Waals surface area contributed by atoms with Crippen LogP contribution >= 0.6 is 11.8 Å². The van der Waals surface area contributed by atoms with Gasteiger partial charge in [-0.3, -0.25) is 9.59 Å². The Morgan fingerprint density at radius 3 is 2.37 bits per heavy atom. The van der Waals surface area contributed by atoms with E-state index in [9.17, 15) is 27.2 Å². The van der Waals surface area contributed by atoms with E-state index in [1.165, 1.54) is 0 Å². The molecule has 0 saturated heterocycles. The standard InChI is InChI=1S/C21H27F4NO3S/c1-2-3-4-5-6-7-8-9-17(27)26-14(10-11-18(28)29)13-30-21-19(24)15(22)12-16(23)20(21)25/h7-8,12,14H,2-6,9-11,13H2,1H3,(H,26,27)(H,28,29)/b8-7+/t14-/m0/s1. The Kier molecular flexibility index (Phi) is 12.2. The third kappa shape index (κ3) is 9.65. The van der Waals surface area contributed by atoms with Crippen LogP contribution in [-0.2, 0) is 9.59 Å². The van der Waals surface area contributed by atoms with E-state index in [0.29, 0.717) is 11.8 Å². The molecule has 0 bridgehead atoms. The smallest absolute Gasteiger partial charge is 0.303 e. The molecule has 30 heavy (non-hydrogen) atoms. The van der Waals surface area contributed by atoms with Crippen LogP contribution in [0.4, 0.5) is 17.6 Å². The fourth-order valence-corrected chi connectivity index (χ4v) is 3.71. The van der Waals surface area contributed by atoms with Crippen LogP contribution in [0.3, 0.4) is 0 Å². The number of amides is 1. The summed E-state index contributed by atoms with van der Waals surface area (Å²) in [4.78, 5) is 22.1. The van der Waals surface area contributed by atoms with Crippen molar-refractivity contribution in [1.82, 2.24) is 5.32 Å². The van der Waals surface area contributed by atoms with Crippen molar-refractivity contribution in [2.24, 2.45) is 0 Å². The topological polar surface area (TPSA) is 66.4 Å². The average Bonchev–Trinajstić information content (AvgIpc) is 2.69. The van der Waals surface area contributed by atoms with Crippen molar-refractivity contribution in [2.75, 3.05) is 5.75 Å². The molecular weight excluding hydrogens is 422 g/mol. The van der Waals surface area contributed by atoms with E-state index < -0.39 is 40.2 Å². The first-order chi connectivity index (χ1) is 14.3. The molecule has 1 rings (SSSR count). The van der Waals surface area contributed by atoms with E-state index in [1.807, 2.05) is 6.08 Å². The summed E-state index contributed by atoms with van der Waals surface area (Å²) in [5.41, 5.74) is 0. The Bertz CT molecular complexity index is 717. The van der Waals surface area contributed by atoms with Gasteiger partial charge in [-0.05, 0) is 19.3 Å². The van der Waals surface area contributed by atoms with Crippen LogP contribution < -0.4 is 5.32 Å². The number of hydrogen-bond acceptors (Lipinski definition) is 3. The molecule has 0 heterocycles. The number of rotatable bonds is 14. The summed E-state index contributed by atoms with van der Waals surface area (Å²) in [6.45, 7) is 2.12. The lowest BCUT2D eigenvalue weighted by Crippen LogP contribution is -2.36. The summed E-state index contributed by atoms with van der Waals surface area (Å²) in [7, 11) is 0. The second-order valence-electron chi connectivity index (χ2n) is 6.83. The zero-order chi connectivity index (χ0) is 22.5. The van der Waals surface area contributed by atoms with Crippen molar-refractivity contribution < 1.29 is 32.3 Å². The number of carbonyl (C=O) groups excluding carboxylic acids is 1. The Hall–Kier alpha value is -2.03. The Morgan fingerprint density at radius 1 is 1.10 bits per heavy atom. The molecule has 4 nitrogen and oxygen atoms in total. The van der Waals surface area contributed by atoms with Crippen molar-refractivity contribution in [3.05, 3.63) is 41.5 Å². The number of hydrogen-bond donors (Lipinski definition) is 2. The van der Waals surface area contributed by atoms with Crippen LogP contribution in [0, 0.1) is 23.3 Å². The van der Waals surface area contributed by atoms with Crippen LogP contribution in [0.15, 0.2) is 23.1 Å². The molecule has 0 aromatic heterocycles. The van der Waals surface area contributed by atoms with Crippen LogP contribution in [-0.4, -0.2) is 28.8 Å². The minimum Gasteiger partial charge on any atom is -0.481 e. The van der Waals surface area contributed by atoms with E-state index >= 15 is 0 Å². The van der Waals surface area contributed by atoms with E-state index in [0.717, 1.165) is 32.1 Å². The van der Waals surface area contributed by atoms with Crippen molar-refractivity contribution in [2.45, 2.75) is 69.2 Å². The summed E-state index contributed by atoms with van der Waals surface area (Å²) in [5, 5.41) is 11.5. The van der Waals surface area contributed by atoms with Crippen LogP contribution in [0.25, 0.3) is 0 Å². The molecule has 168 valence electrons. The number of carbonyl (C=O) groups is 2. The van der Waals surface area contributed by atoms with E-state index in [4.69, 9.17) is 5.11 Å². The summed E-state index contributed by atoms with van der Waals surface area (Å²) >= 11 is 0.488. The summed E-state index contributed by atoms with van der Waals surface area (Å²) < 4.78 is 54.2. The first-order valence-electron chi connectivity index (χ1n) is 9.88. The average molecular weight is 450 g/mol. The van der Waals surface area contributed by atoms with Crippen LogP contribution in [0.1, 0.15) is 58.3 Å². The number of allylic oxidation sites excluding steroid dienone is 1. The number of carboxylic acid groups (broad SMARTS) is 1. The maximum atomic E-state index is 13.8. The van der Waals surface area contributed by atoms with Crippen molar-refractivity contribution in [3.63, 3.8) is 0 Å². The SMILES string of the molecule is CCCCCC/C=C/CC(=O)N[C@@H](CCC(=O)O)CSc1c(F)c(F)cc(F)c1F. The third-order valence-electron chi connectivity index (χ3n) is 4.27. The molecule has 0 saturated carbocycles. The highest BCUT2D eigenvalue weighted by Crippen LogP contribution is 2.29. The van der Waals surface area contributed by atoms with Gasteiger partial charge in [0, 0.05) is 30.7 Å². The number of benzene rings is 1. The molecule has 0 aliphatic heterocycles. The number of aliphatic carboxylic acids is 1. The van der Waals surface area contributed by atoms with Gasteiger partial charge in [-0.2, -0.15) is 0 Å². The largest absolute Gasteiger partial charge is 0.481 e. The van der Waals surface area contributed by atoms with Crippen molar-refractivity contribution >= 4 is 23.6 Å². The highest BCUT2D eigenvalue weighted by Gasteiger charge is 2.22. The minimum absolute atomic E-state index is 0.00976. The predicted molar refractivity (Wildman–Crippen MR) is 108 cm³/mol. The molecule has 9 heteroatoms. The van der Waals surface area contributed by atoms with E-state index in [1.54, 1.807) is 6.08 Å².